The molecule has 0 spiro atoms. The topological polar surface area (TPSA) is 266 Å². The summed E-state index contributed by atoms with van der Waals surface area (Å²) in [7, 11) is 3.12. The van der Waals surface area contributed by atoms with E-state index in [9.17, 15) is 4.57 Å². The van der Waals surface area contributed by atoms with Crippen molar-refractivity contribution in [3.63, 3.8) is 0 Å². The van der Waals surface area contributed by atoms with Crippen LogP contribution in [-0.2, 0) is 31.7 Å². The van der Waals surface area contributed by atoms with Crippen molar-refractivity contribution in [2.75, 3.05) is 74.4 Å². The molecule has 0 bridgehead atoms. The minimum Gasteiger partial charge on any atom is -0.870 e. The zero-order valence-electron chi connectivity index (χ0n) is 28.3. The van der Waals surface area contributed by atoms with E-state index < -0.39 is 7.82 Å². The van der Waals surface area contributed by atoms with Crippen LogP contribution in [0.15, 0.2) is 0 Å². The highest BCUT2D eigenvalue weighted by Gasteiger charge is 2.17. The van der Waals surface area contributed by atoms with Crippen molar-refractivity contribution in [1.29, 1.82) is 0 Å². The van der Waals surface area contributed by atoms with E-state index in [1.165, 1.54) is 32.1 Å². The maximum atomic E-state index is 10.8. The van der Waals surface area contributed by atoms with E-state index in [0.717, 1.165) is 85.0 Å². The van der Waals surface area contributed by atoms with Gasteiger partial charge >= 0.3 is 7.82 Å². The number of hydrogen-bond acceptors (Lipinski definition) is 12. The second kappa shape index (κ2) is 83.8. The van der Waals surface area contributed by atoms with Crippen LogP contribution in [-0.4, -0.2) is 101 Å². The number of phosphoric acid groups is 1. The number of phosphoric ester groups is 1. The summed E-state index contributed by atoms with van der Waals surface area (Å²) in [6, 6.07) is 0. The van der Waals surface area contributed by atoms with E-state index in [-0.39, 0.29) is 94.5 Å². The molecule has 0 fully saturated rings. The van der Waals surface area contributed by atoms with E-state index in [0.29, 0.717) is 0 Å². The quantitative estimate of drug-likeness (QED) is 0.0365. The van der Waals surface area contributed by atoms with E-state index in [1.807, 2.05) is 7.05 Å². The number of nitrogens with two attached hydrogens (primary N) is 1. The lowest BCUT2D eigenvalue weighted by Gasteiger charge is -2.08. The fourth-order valence-corrected chi connectivity index (χ4v) is 3.80. The number of unbranched alkanes of at least 4 members (excludes halogenated alkanes) is 8. The summed E-state index contributed by atoms with van der Waals surface area (Å²) in [5.41, 5.74) is 5.34. The first kappa shape index (κ1) is 80.4. The van der Waals surface area contributed by atoms with Gasteiger partial charge in [-0.15, -0.1) is 48.0 Å². The van der Waals surface area contributed by atoms with Gasteiger partial charge < -0.3 is 61.3 Å². The van der Waals surface area contributed by atoms with Gasteiger partial charge in [-0.3, -0.25) is 9.05 Å². The fraction of sp³-hybridized carbons (Fsp3) is 1.00. The van der Waals surface area contributed by atoms with Crippen molar-refractivity contribution in [3.8, 4) is 0 Å². The Bertz CT molecular complexity index is 464. The van der Waals surface area contributed by atoms with Crippen LogP contribution >= 0.6 is 148 Å². The minimum atomic E-state index is -3.75. The van der Waals surface area contributed by atoms with Crippen molar-refractivity contribution in [3.05, 3.63) is 0 Å². The van der Waals surface area contributed by atoms with Crippen LogP contribution in [0.1, 0.15) is 77.6 Å². The number of nitrogens with one attached hydrogen (secondary N) is 2. The van der Waals surface area contributed by atoms with Crippen LogP contribution in [0, 0.1) is 0 Å². The number of hydrogen-bond donors (Lipinski definition) is 4. The Hall–Kier alpha value is 4.91. The molecule has 0 aromatic rings. The Balaban J connectivity index is -0.0000000412. The maximum absolute atomic E-state index is 10.8. The van der Waals surface area contributed by atoms with E-state index in [1.54, 1.807) is 14.2 Å². The minimum absolute atomic E-state index is 0. The smallest absolute Gasteiger partial charge is 0.471 e. The predicted molar refractivity (Wildman–Crippen MR) is 256 cm³/mol. The van der Waals surface area contributed by atoms with Crippen LogP contribution in [0.2, 0.25) is 0 Å². The van der Waals surface area contributed by atoms with Gasteiger partial charge in [0.25, 0.3) is 0 Å². The summed E-state index contributed by atoms with van der Waals surface area (Å²) in [4.78, 5) is 8.86. The molecule has 0 aromatic heterocycles. The van der Waals surface area contributed by atoms with Gasteiger partial charge in [-0.1, -0.05) is 32.6 Å². The highest BCUT2D eigenvalue weighted by Crippen LogP contribution is 2.41. The summed E-state index contributed by atoms with van der Waals surface area (Å²) in [6.45, 7) is 7.88. The summed E-state index contributed by atoms with van der Waals surface area (Å²) in [5, 5.41) is 6.33. The summed E-state index contributed by atoms with van der Waals surface area (Å²) in [6.07, 6.45) is 12.5. The lowest BCUT2D eigenvalue weighted by atomic mass is 10.2. The van der Waals surface area contributed by atoms with Crippen molar-refractivity contribution in [1.82, 2.24) is 10.6 Å². The van der Waals surface area contributed by atoms with Crippen LogP contribution in [0.4, 0.5) is 0 Å². The second-order valence-electron chi connectivity index (χ2n) is 7.89. The molecular formula is C23H66I6N3O12P3-2. The number of halogens is 6. The molecule has 0 amide bonds. The normalized spacial score (nSPS) is 10.4. The predicted octanol–water partition coefficient (Wildman–Crippen LogP) is 7.92. The Kier molecular flexibility index (Phi) is 143. The molecule has 15 nitrogen and oxygen atoms in total. The molecule has 0 radical (unpaired) electrons. The molecule has 0 aliphatic rings. The van der Waals surface area contributed by atoms with E-state index >= 15 is 0 Å². The monoisotopic (exact) mass is 1430 g/mol. The molecule has 0 aliphatic carbocycles. The zero-order chi connectivity index (χ0) is 32.3. The largest absolute Gasteiger partial charge is 0.870 e. The lowest BCUT2D eigenvalue weighted by molar-refractivity contribution is 0.170. The van der Waals surface area contributed by atoms with Crippen molar-refractivity contribution < 1.29 is 58.5 Å². The third-order valence-corrected chi connectivity index (χ3v) is 6.59. The first-order valence-corrected chi connectivity index (χ1v) is 29.3. The lowest BCUT2D eigenvalue weighted by Crippen LogP contribution is -2.13. The Morgan fingerprint density at radius 1 is 0.702 bits per heavy atom. The molecular weight excluding hydrogens is 1360 g/mol. The standard InChI is InChI=1S/C8H20NO4P.C8H20NO2P.C7H18NO2P.2I2.2HI.4H2O/c1-3-9-7-5-4-6-8-13-14(10,11)12-2;1-9-7-5-3-4-6-8-11-12-10-2;1-9-11-10-7-5-3-2-4-6-8;2*1-2;;;;;;/h9H,3-8H2,1-2H3,(H,10,11);9,12H,3-8H2,1-2H3;11H,2-8H2,1H3;;;2*1H;4*1H2/p-2. The van der Waals surface area contributed by atoms with Gasteiger partial charge in [0, 0.05) is 95.8 Å². The van der Waals surface area contributed by atoms with E-state index in [2.05, 4.69) is 101 Å². The third-order valence-electron chi connectivity index (χ3n) is 4.64. The van der Waals surface area contributed by atoms with Gasteiger partial charge in [-0.05, 0) is 78.2 Å². The molecule has 0 aromatic carbocycles. The second-order valence-corrected chi connectivity index (χ2v) is 11.2. The molecule has 11 N–H and O–H groups in total. The molecule has 24 heteroatoms. The van der Waals surface area contributed by atoms with Crippen LogP contribution < -0.4 is 16.4 Å². The van der Waals surface area contributed by atoms with Crippen LogP contribution in [0.3, 0.4) is 0 Å². The summed E-state index contributed by atoms with van der Waals surface area (Å²) >= 11 is 8.48. The molecule has 47 heavy (non-hydrogen) atoms. The van der Waals surface area contributed by atoms with Crippen molar-refractivity contribution in [2.24, 2.45) is 5.73 Å². The molecule has 3 unspecified atom stereocenters. The molecule has 3 atom stereocenters. The Labute approximate surface area is 370 Å². The van der Waals surface area contributed by atoms with Crippen molar-refractivity contribution in [2.45, 2.75) is 77.6 Å². The third kappa shape index (κ3) is 99.9. The Morgan fingerprint density at radius 2 is 1.09 bits per heavy atom. The van der Waals surface area contributed by atoms with Crippen LogP contribution in [0.5, 0.6) is 0 Å². The summed E-state index contributed by atoms with van der Waals surface area (Å²) in [5.74, 6) is 0. The van der Waals surface area contributed by atoms with Gasteiger partial charge in [0.15, 0.2) is 18.1 Å². The summed E-state index contributed by atoms with van der Waals surface area (Å²) < 4.78 is 39.6. The first-order chi connectivity index (χ1) is 19.9. The zero-order valence-corrected chi connectivity index (χ0v) is 44.5. The molecule has 304 valence electrons. The average molecular weight is 1430 g/mol. The molecule has 0 saturated heterocycles. The SMILES string of the molecule is CCNCCCCCOP(=O)(O)OC.CNCCCCCCOPOC.COPOCCCCCCN.I.I.II.II.O.O.[OH-].[OH-]. The van der Waals surface area contributed by atoms with Gasteiger partial charge in [-0.25, -0.2) is 4.57 Å². The highest BCUT2D eigenvalue weighted by molar-refractivity contribution is 15.0. The molecule has 0 heterocycles. The van der Waals surface area contributed by atoms with Crippen LogP contribution in [0.25, 0.3) is 0 Å². The number of rotatable bonds is 26. The molecule has 0 saturated carbocycles. The average Bonchev–Trinajstić information content (AvgIpc) is 3.00. The van der Waals surface area contributed by atoms with Crippen molar-refractivity contribution >= 4 is 148 Å². The van der Waals surface area contributed by atoms with Gasteiger partial charge in [-0.2, -0.15) is 0 Å². The van der Waals surface area contributed by atoms with Gasteiger partial charge in [0.2, 0.25) is 0 Å². The first-order valence-electron chi connectivity index (χ1n) is 13.6. The molecule has 0 rings (SSSR count). The fourth-order valence-electron chi connectivity index (χ4n) is 2.64. The highest BCUT2D eigenvalue weighted by atomic mass is 128. The molecule has 0 aliphatic heterocycles. The van der Waals surface area contributed by atoms with Gasteiger partial charge in [0.05, 0.1) is 19.8 Å². The van der Waals surface area contributed by atoms with E-state index in [4.69, 9.17) is 28.7 Å². The van der Waals surface area contributed by atoms with Gasteiger partial charge in [0.1, 0.15) is 0 Å². The Morgan fingerprint density at radius 3 is 1.47 bits per heavy atom. The maximum Gasteiger partial charge on any atom is 0.471 e.